The van der Waals surface area contributed by atoms with Crippen LogP contribution in [0.15, 0.2) is 36.4 Å². The second-order valence-electron chi connectivity index (χ2n) is 5.57. The highest BCUT2D eigenvalue weighted by Crippen LogP contribution is 2.20. The fourth-order valence-electron chi connectivity index (χ4n) is 1.98. The number of carbonyl (C=O) groups is 2. The molecule has 1 aromatic carbocycles. The van der Waals surface area contributed by atoms with Crippen LogP contribution in [0.3, 0.4) is 0 Å². The molecule has 6 heteroatoms. The maximum atomic E-state index is 14.2. The molecule has 1 aromatic heterocycles. The van der Waals surface area contributed by atoms with Gasteiger partial charge in [-0.1, -0.05) is 26.0 Å². The fraction of sp³-hybridized carbons (Fsp3) is 0.235. The summed E-state index contributed by atoms with van der Waals surface area (Å²) in [6.45, 7) is 4.39. The SMILES string of the molecule is CC(C)CNC(=O)c1ccc(-c2cccc(C(N)=O)n2)cc1F. The molecule has 0 radical (unpaired) electrons. The average molecular weight is 315 g/mol. The summed E-state index contributed by atoms with van der Waals surface area (Å²) in [7, 11) is 0. The lowest BCUT2D eigenvalue weighted by molar-refractivity contribution is 0.0943. The Hall–Kier alpha value is -2.76. The molecule has 2 rings (SSSR count). The molecule has 0 aliphatic rings. The number of halogens is 1. The highest BCUT2D eigenvalue weighted by Gasteiger charge is 2.14. The summed E-state index contributed by atoms with van der Waals surface area (Å²) in [5.74, 6) is -1.48. The predicted molar refractivity (Wildman–Crippen MR) is 85.3 cm³/mol. The first-order chi connectivity index (χ1) is 10.9. The van der Waals surface area contributed by atoms with E-state index in [1.165, 1.54) is 18.2 Å². The molecule has 1 heterocycles. The highest BCUT2D eigenvalue weighted by atomic mass is 19.1. The number of primary amides is 1. The summed E-state index contributed by atoms with van der Waals surface area (Å²) in [5, 5.41) is 2.67. The van der Waals surface area contributed by atoms with Gasteiger partial charge in [-0.25, -0.2) is 9.37 Å². The van der Waals surface area contributed by atoms with Crippen molar-refractivity contribution in [3.8, 4) is 11.3 Å². The zero-order valence-corrected chi connectivity index (χ0v) is 13.0. The third kappa shape index (κ3) is 4.12. The first kappa shape index (κ1) is 16.6. The fourth-order valence-corrected chi connectivity index (χ4v) is 1.98. The number of hydrogen-bond acceptors (Lipinski definition) is 3. The van der Waals surface area contributed by atoms with Crippen molar-refractivity contribution in [2.75, 3.05) is 6.54 Å². The van der Waals surface area contributed by atoms with Gasteiger partial charge in [0.15, 0.2) is 0 Å². The van der Waals surface area contributed by atoms with Crippen LogP contribution in [-0.2, 0) is 0 Å². The lowest BCUT2D eigenvalue weighted by Gasteiger charge is -2.09. The number of rotatable bonds is 5. The second kappa shape index (κ2) is 7.00. The number of nitrogens with one attached hydrogen (secondary N) is 1. The van der Waals surface area contributed by atoms with E-state index >= 15 is 0 Å². The van der Waals surface area contributed by atoms with Gasteiger partial charge in [0, 0.05) is 12.1 Å². The summed E-state index contributed by atoms with van der Waals surface area (Å²) in [6.07, 6.45) is 0. The topological polar surface area (TPSA) is 85.1 Å². The molecule has 2 amide bonds. The zero-order valence-electron chi connectivity index (χ0n) is 13.0. The number of benzene rings is 1. The average Bonchev–Trinajstić information content (AvgIpc) is 2.52. The summed E-state index contributed by atoms with van der Waals surface area (Å²) < 4.78 is 14.2. The van der Waals surface area contributed by atoms with Crippen molar-refractivity contribution >= 4 is 11.8 Å². The summed E-state index contributed by atoms with van der Waals surface area (Å²) >= 11 is 0. The van der Waals surface area contributed by atoms with Gasteiger partial charge in [-0.3, -0.25) is 9.59 Å². The summed E-state index contributed by atoms with van der Waals surface area (Å²) in [6, 6.07) is 8.94. The molecule has 0 spiro atoms. The van der Waals surface area contributed by atoms with Gasteiger partial charge in [0.25, 0.3) is 11.8 Å². The Morgan fingerprint density at radius 3 is 2.61 bits per heavy atom. The zero-order chi connectivity index (χ0) is 17.0. The number of hydrogen-bond donors (Lipinski definition) is 2. The standard InChI is InChI=1S/C17H18FN3O2/c1-10(2)9-20-17(23)12-7-6-11(8-13(12)18)14-4-3-5-15(21-14)16(19)22/h3-8,10H,9H2,1-2H3,(H2,19,22)(H,20,23). The smallest absolute Gasteiger partial charge is 0.267 e. The van der Waals surface area contributed by atoms with Crippen molar-refractivity contribution in [2.24, 2.45) is 11.7 Å². The Morgan fingerprint density at radius 2 is 2.00 bits per heavy atom. The maximum Gasteiger partial charge on any atom is 0.267 e. The monoisotopic (exact) mass is 315 g/mol. The van der Waals surface area contributed by atoms with Crippen molar-refractivity contribution in [1.29, 1.82) is 0 Å². The van der Waals surface area contributed by atoms with Crippen molar-refractivity contribution in [1.82, 2.24) is 10.3 Å². The van der Waals surface area contributed by atoms with Gasteiger partial charge >= 0.3 is 0 Å². The van der Waals surface area contributed by atoms with Crippen LogP contribution < -0.4 is 11.1 Å². The second-order valence-corrected chi connectivity index (χ2v) is 5.57. The van der Waals surface area contributed by atoms with E-state index in [1.54, 1.807) is 18.2 Å². The van der Waals surface area contributed by atoms with Crippen LogP contribution in [0.5, 0.6) is 0 Å². The third-order valence-electron chi connectivity index (χ3n) is 3.18. The number of aromatic nitrogens is 1. The van der Waals surface area contributed by atoms with E-state index in [9.17, 15) is 14.0 Å². The normalized spacial score (nSPS) is 10.6. The van der Waals surface area contributed by atoms with Crippen LogP contribution in [0.2, 0.25) is 0 Å². The molecule has 0 saturated carbocycles. The third-order valence-corrected chi connectivity index (χ3v) is 3.18. The molecule has 120 valence electrons. The molecule has 5 nitrogen and oxygen atoms in total. The minimum absolute atomic E-state index is 0.0274. The van der Waals surface area contributed by atoms with E-state index in [2.05, 4.69) is 10.3 Å². The number of amides is 2. The molecular weight excluding hydrogens is 297 g/mol. The van der Waals surface area contributed by atoms with Gasteiger partial charge in [-0.05, 0) is 30.2 Å². The van der Waals surface area contributed by atoms with Crippen LogP contribution in [0.4, 0.5) is 4.39 Å². The molecule has 0 atom stereocenters. The molecule has 0 saturated heterocycles. The van der Waals surface area contributed by atoms with E-state index < -0.39 is 17.6 Å². The quantitative estimate of drug-likeness (QED) is 0.888. The van der Waals surface area contributed by atoms with E-state index in [-0.39, 0.29) is 17.2 Å². The van der Waals surface area contributed by atoms with Gasteiger partial charge in [0.2, 0.25) is 0 Å². The van der Waals surface area contributed by atoms with Gasteiger partial charge < -0.3 is 11.1 Å². The predicted octanol–water partition coefficient (Wildman–Crippen LogP) is 2.37. The molecule has 0 bridgehead atoms. The first-order valence-corrected chi connectivity index (χ1v) is 7.23. The van der Waals surface area contributed by atoms with Crippen molar-refractivity contribution in [3.63, 3.8) is 0 Å². The van der Waals surface area contributed by atoms with Crippen LogP contribution in [-0.4, -0.2) is 23.3 Å². The Kier molecular flexibility index (Phi) is 5.05. The number of nitrogens with zero attached hydrogens (tertiary/aromatic N) is 1. The van der Waals surface area contributed by atoms with E-state index in [0.717, 1.165) is 0 Å². The Balaban J connectivity index is 2.27. The number of carbonyl (C=O) groups excluding carboxylic acids is 2. The van der Waals surface area contributed by atoms with Crippen molar-refractivity contribution in [2.45, 2.75) is 13.8 Å². The van der Waals surface area contributed by atoms with E-state index in [0.29, 0.717) is 17.8 Å². The highest BCUT2D eigenvalue weighted by molar-refractivity contribution is 5.95. The molecule has 0 aliphatic carbocycles. The summed E-state index contributed by atoms with van der Waals surface area (Å²) in [5.41, 5.74) is 6.13. The molecule has 0 aliphatic heterocycles. The van der Waals surface area contributed by atoms with Crippen LogP contribution >= 0.6 is 0 Å². The molecule has 0 fully saturated rings. The Labute approximate surface area is 133 Å². The van der Waals surface area contributed by atoms with Crippen molar-refractivity contribution in [3.05, 3.63) is 53.5 Å². The van der Waals surface area contributed by atoms with Crippen molar-refractivity contribution < 1.29 is 14.0 Å². The minimum atomic E-state index is -0.656. The lowest BCUT2D eigenvalue weighted by Crippen LogP contribution is -2.28. The lowest BCUT2D eigenvalue weighted by atomic mass is 10.1. The Morgan fingerprint density at radius 1 is 1.26 bits per heavy atom. The van der Waals surface area contributed by atoms with Gasteiger partial charge in [0.1, 0.15) is 11.5 Å². The Bertz CT molecular complexity index is 744. The van der Waals surface area contributed by atoms with Crippen LogP contribution in [0, 0.1) is 11.7 Å². The summed E-state index contributed by atoms with van der Waals surface area (Å²) in [4.78, 5) is 27.2. The minimum Gasteiger partial charge on any atom is -0.364 e. The van der Waals surface area contributed by atoms with Gasteiger partial charge in [-0.2, -0.15) is 0 Å². The molecule has 3 N–H and O–H groups in total. The van der Waals surface area contributed by atoms with E-state index in [4.69, 9.17) is 5.73 Å². The molecule has 23 heavy (non-hydrogen) atoms. The molecule has 0 unspecified atom stereocenters. The van der Waals surface area contributed by atoms with Crippen LogP contribution in [0.25, 0.3) is 11.3 Å². The number of pyridine rings is 1. The number of nitrogens with two attached hydrogens (primary N) is 1. The van der Waals surface area contributed by atoms with Crippen LogP contribution in [0.1, 0.15) is 34.7 Å². The van der Waals surface area contributed by atoms with Gasteiger partial charge in [-0.15, -0.1) is 0 Å². The molecule has 2 aromatic rings. The maximum absolute atomic E-state index is 14.2. The largest absolute Gasteiger partial charge is 0.364 e. The van der Waals surface area contributed by atoms with Gasteiger partial charge in [0.05, 0.1) is 11.3 Å². The first-order valence-electron chi connectivity index (χ1n) is 7.23. The molecular formula is C17H18FN3O2. The van der Waals surface area contributed by atoms with E-state index in [1.807, 2.05) is 13.8 Å².